The minimum atomic E-state index is -1.09. The van der Waals surface area contributed by atoms with Gasteiger partial charge in [0.05, 0.1) is 25.2 Å². The highest BCUT2D eigenvalue weighted by Gasteiger charge is 2.37. The van der Waals surface area contributed by atoms with Crippen LogP contribution in [0.15, 0.2) is 0 Å². The zero-order chi connectivity index (χ0) is 13.8. The van der Waals surface area contributed by atoms with E-state index in [9.17, 15) is 15.0 Å². The molecule has 0 radical (unpaired) electrons. The monoisotopic (exact) mass is 274 g/mol. The first-order chi connectivity index (χ1) is 9.11. The summed E-state index contributed by atoms with van der Waals surface area (Å²) in [6, 6.07) is 0. The molecule has 7 heteroatoms. The van der Waals surface area contributed by atoms with Crippen LogP contribution in [0.3, 0.4) is 0 Å². The second-order valence-electron chi connectivity index (χ2n) is 5.11. The van der Waals surface area contributed by atoms with Crippen molar-refractivity contribution in [3.63, 3.8) is 0 Å². The van der Waals surface area contributed by atoms with E-state index in [2.05, 4.69) is 5.32 Å². The third-order valence-corrected chi connectivity index (χ3v) is 3.70. The van der Waals surface area contributed by atoms with Crippen molar-refractivity contribution in [3.8, 4) is 0 Å². The number of aliphatic hydroxyl groups is 3. The van der Waals surface area contributed by atoms with Crippen molar-refractivity contribution in [2.45, 2.75) is 37.3 Å². The lowest BCUT2D eigenvalue weighted by molar-refractivity contribution is -0.183. The predicted molar refractivity (Wildman–Crippen MR) is 66.4 cm³/mol. The number of hydrogen-bond acceptors (Lipinski definition) is 6. The van der Waals surface area contributed by atoms with Gasteiger partial charge in [-0.15, -0.1) is 0 Å². The summed E-state index contributed by atoms with van der Waals surface area (Å²) in [5.41, 5.74) is 0. The van der Waals surface area contributed by atoms with Crippen LogP contribution in [0.25, 0.3) is 0 Å². The fourth-order valence-electron chi connectivity index (χ4n) is 2.56. The van der Waals surface area contributed by atoms with Gasteiger partial charge < -0.3 is 30.3 Å². The Labute approximate surface area is 112 Å². The first-order valence-corrected chi connectivity index (χ1v) is 6.72. The molecule has 0 spiro atoms. The van der Waals surface area contributed by atoms with Gasteiger partial charge in [-0.2, -0.15) is 0 Å². The largest absolute Gasteiger partial charge is 0.394 e. The number of carbonyl (C=O) groups excluding carboxylic acids is 1. The standard InChI is InChI=1S/C12H22N2O5/c15-7-10-12(18)9(16)5-8(19-10)6-11(17)14-3-1-13-2-4-14/h8-10,12-13,15-16,18H,1-7H2/t8?,9-,10-,12+/m1/s1. The number of nitrogens with one attached hydrogen (secondary N) is 1. The van der Waals surface area contributed by atoms with Crippen molar-refractivity contribution in [2.24, 2.45) is 0 Å². The molecule has 0 saturated carbocycles. The molecular formula is C12H22N2O5. The molecule has 2 fully saturated rings. The number of hydrogen-bond donors (Lipinski definition) is 4. The average Bonchev–Trinajstić information content (AvgIpc) is 2.43. The zero-order valence-corrected chi connectivity index (χ0v) is 10.9. The van der Waals surface area contributed by atoms with E-state index in [4.69, 9.17) is 9.84 Å². The fourth-order valence-corrected chi connectivity index (χ4v) is 2.56. The maximum atomic E-state index is 12.1. The van der Waals surface area contributed by atoms with E-state index in [-0.39, 0.29) is 25.4 Å². The van der Waals surface area contributed by atoms with Gasteiger partial charge >= 0.3 is 0 Å². The van der Waals surface area contributed by atoms with Crippen molar-refractivity contribution in [1.29, 1.82) is 0 Å². The van der Waals surface area contributed by atoms with Crippen LogP contribution in [-0.2, 0) is 9.53 Å². The highest BCUT2D eigenvalue weighted by Crippen LogP contribution is 2.23. The summed E-state index contributed by atoms with van der Waals surface area (Å²) in [6.45, 7) is 2.58. The highest BCUT2D eigenvalue weighted by molar-refractivity contribution is 5.76. The first kappa shape index (κ1) is 14.7. The Morgan fingerprint density at radius 1 is 1.32 bits per heavy atom. The first-order valence-electron chi connectivity index (χ1n) is 6.72. The fraction of sp³-hybridized carbons (Fsp3) is 0.917. The van der Waals surface area contributed by atoms with Crippen molar-refractivity contribution in [1.82, 2.24) is 10.2 Å². The van der Waals surface area contributed by atoms with Gasteiger partial charge in [-0.05, 0) is 0 Å². The van der Waals surface area contributed by atoms with E-state index in [1.54, 1.807) is 4.90 Å². The summed E-state index contributed by atoms with van der Waals surface area (Å²) in [7, 11) is 0. The summed E-state index contributed by atoms with van der Waals surface area (Å²) in [6.07, 6.45) is -2.90. The Hall–Kier alpha value is -0.730. The lowest BCUT2D eigenvalue weighted by atomic mass is 9.96. The van der Waals surface area contributed by atoms with Crippen molar-refractivity contribution in [2.75, 3.05) is 32.8 Å². The molecule has 19 heavy (non-hydrogen) atoms. The Kier molecular flexibility index (Phi) is 5.12. The van der Waals surface area contributed by atoms with E-state index in [0.29, 0.717) is 13.1 Å². The molecule has 2 aliphatic rings. The molecule has 4 N–H and O–H groups in total. The third kappa shape index (κ3) is 3.64. The third-order valence-electron chi connectivity index (χ3n) is 3.70. The number of nitrogens with zero attached hydrogens (tertiary/aromatic N) is 1. The molecule has 0 aromatic rings. The maximum absolute atomic E-state index is 12.1. The molecule has 0 bridgehead atoms. The minimum absolute atomic E-state index is 0.00761. The molecule has 2 saturated heterocycles. The second-order valence-corrected chi connectivity index (χ2v) is 5.11. The summed E-state index contributed by atoms with van der Waals surface area (Å²) < 4.78 is 5.46. The molecule has 2 heterocycles. The molecule has 2 aliphatic heterocycles. The van der Waals surface area contributed by atoms with Crippen LogP contribution in [0.1, 0.15) is 12.8 Å². The normalized spacial score (nSPS) is 36.3. The molecule has 0 aliphatic carbocycles. The van der Waals surface area contributed by atoms with Gasteiger partial charge in [0.1, 0.15) is 12.2 Å². The van der Waals surface area contributed by atoms with Crippen molar-refractivity contribution >= 4 is 5.91 Å². The van der Waals surface area contributed by atoms with Crippen LogP contribution >= 0.6 is 0 Å². The van der Waals surface area contributed by atoms with Gasteiger partial charge in [0.15, 0.2) is 0 Å². The number of amides is 1. The Bertz CT molecular complexity index is 308. The van der Waals surface area contributed by atoms with E-state index in [1.807, 2.05) is 0 Å². The van der Waals surface area contributed by atoms with Gasteiger partial charge in [-0.1, -0.05) is 0 Å². The van der Waals surface area contributed by atoms with Gasteiger partial charge in [0, 0.05) is 32.6 Å². The number of ether oxygens (including phenoxy) is 1. The summed E-state index contributed by atoms with van der Waals surface area (Å²) >= 11 is 0. The minimum Gasteiger partial charge on any atom is -0.394 e. The highest BCUT2D eigenvalue weighted by atomic mass is 16.5. The summed E-state index contributed by atoms with van der Waals surface area (Å²) in [5.74, 6) is -0.00761. The molecule has 0 aromatic carbocycles. The molecular weight excluding hydrogens is 252 g/mol. The SMILES string of the molecule is O=C(CC1C[C@@H](O)[C@H](O)[C@@H](CO)O1)N1CCNCC1. The zero-order valence-electron chi connectivity index (χ0n) is 10.9. The molecule has 1 unspecified atom stereocenters. The summed E-state index contributed by atoms with van der Waals surface area (Å²) in [4.78, 5) is 13.8. The quantitative estimate of drug-likeness (QED) is 0.461. The van der Waals surface area contributed by atoms with Crippen LogP contribution in [0.5, 0.6) is 0 Å². The van der Waals surface area contributed by atoms with E-state index in [1.165, 1.54) is 0 Å². The van der Waals surface area contributed by atoms with Crippen LogP contribution in [0, 0.1) is 0 Å². The molecule has 2 rings (SSSR count). The Balaban J connectivity index is 1.86. The van der Waals surface area contributed by atoms with Crippen molar-refractivity contribution < 1.29 is 24.9 Å². The molecule has 0 aromatic heterocycles. The molecule has 4 atom stereocenters. The van der Waals surface area contributed by atoms with Crippen LogP contribution in [-0.4, -0.2) is 83.3 Å². The lowest BCUT2D eigenvalue weighted by Gasteiger charge is -2.37. The van der Waals surface area contributed by atoms with Crippen LogP contribution < -0.4 is 5.32 Å². The smallest absolute Gasteiger partial charge is 0.225 e. The lowest BCUT2D eigenvalue weighted by Crippen LogP contribution is -2.52. The number of piperazine rings is 1. The van der Waals surface area contributed by atoms with E-state index >= 15 is 0 Å². The van der Waals surface area contributed by atoms with Crippen LogP contribution in [0.2, 0.25) is 0 Å². The van der Waals surface area contributed by atoms with Gasteiger partial charge in [0.2, 0.25) is 5.91 Å². The van der Waals surface area contributed by atoms with E-state index < -0.39 is 24.4 Å². The summed E-state index contributed by atoms with van der Waals surface area (Å²) in [5, 5.41) is 31.5. The second kappa shape index (κ2) is 6.62. The van der Waals surface area contributed by atoms with Crippen molar-refractivity contribution in [3.05, 3.63) is 0 Å². The molecule has 1 amide bonds. The predicted octanol–water partition coefficient (Wildman–Crippen LogP) is -2.32. The van der Waals surface area contributed by atoms with E-state index in [0.717, 1.165) is 13.1 Å². The van der Waals surface area contributed by atoms with Gasteiger partial charge in [-0.25, -0.2) is 0 Å². The maximum Gasteiger partial charge on any atom is 0.225 e. The van der Waals surface area contributed by atoms with Crippen LogP contribution in [0.4, 0.5) is 0 Å². The molecule has 7 nitrogen and oxygen atoms in total. The molecule has 110 valence electrons. The Morgan fingerprint density at radius 3 is 2.63 bits per heavy atom. The number of aliphatic hydroxyl groups excluding tert-OH is 3. The average molecular weight is 274 g/mol. The topological polar surface area (TPSA) is 102 Å². The number of rotatable bonds is 3. The Morgan fingerprint density at radius 2 is 2.00 bits per heavy atom. The van der Waals surface area contributed by atoms with Gasteiger partial charge in [-0.3, -0.25) is 4.79 Å². The van der Waals surface area contributed by atoms with Gasteiger partial charge in [0.25, 0.3) is 0 Å². The number of carbonyl (C=O) groups is 1.